The number of thiophene rings is 1. The first-order valence-corrected chi connectivity index (χ1v) is 5.77. The number of likely N-dealkylation sites (tertiary alicyclic amines) is 1. The van der Waals surface area contributed by atoms with E-state index < -0.39 is 0 Å². The van der Waals surface area contributed by atoms with Crippen molar-refractivity contribution in [3.05, 3.63) is 22.4 Å². The largest absolute Gasteiger partial charge is 0.329 e. The predicted octanol–water partition coefficient (Wildman–Crippen LogP) is 1.84. The van der Waals surface area contributed by atoms with Crippen LogP contribution in [0.2, 0.25) is 0 Å². The Bertz CT molecular complexity index is 239. The van der Waals surface area contributed by atoms with Crippen LogP contribution < -0.4 is 5.73 Å². The summed E-state index contributed by atoms with van der Waals surface area (Å²) in [4.78, 5) is 3.93. The van der Waals surface area contributed by atoms with Gasteiger partial charge in [0.2, 0.25) is 0 Å². The molecule has 2 nitrogen and oxygen atoms in total. The van der Waals surface area contributed by atoms with Crippen LogP contribution in [0.25, 0.3) is 0 Å². The van der Waals surface area contributed by atoms with E-state index in [9.17, 15) is 0 Å². The summed E-state index contributed by atoms with van der Waals surface area (Å²) in [6.07, 6.45) is 2.67. The first-order valence-electron chi connectivity index (χ1n) is 4.89. The molecule has 0 spiro atoms. The second-order valence-corrected chi connectivity index (χ2v) is 4.49. The highest BCUT2D eigenvalue weighted by molar-refractivity contribution is 7.10. The van der Waals surface area contributed by atoms with Crippen LogP contribution in [0, 0.1) is 0 Å². The quantitative estimate of drug-likeness (QED) is 0.799. The second-order valence-electron chi connectivity index (χ2n) is 3.51. The highest BCUT2D eigenvalue weighted by atomic mass is 32.1. The lowest BCUT2D eigenvalue weighted by atomic mass is 10.2. The van der Waals surface area contributed by atoms with Crippen molar-refractivity contribution in [1.29, 1.82) is 0 Å². The zero-order valence-electron chi connectivity index (χ0n) is 7.78. The zero-order chi connectivity index (χ0) is 9.10. The van der Waals surface area contributed by atoms with Crippen molar-refractivity contribution in [2.24, 2.45) is 5.73 Å². The monoisotopic (exact) mass is 196 g/mol. The summed E-state index contributed by atoms with van der Waals surface area (Å²) in [5.41, 5.74) is 5.81. The van der Waals surface area contributed by atoms with E-state index in [2.05, 4.69) is 22.4 Å². The van der Waals surface area contributed by atoms with Crippen molar-refractivity contribution in [3.8, 4) is 0 Å². The van der Waals surface area contributed by atoms with E-state index >= 15 is 0 Å². The van der Waals surface area contributed by atoms with Crippen molar-refractivity contribution >= 4 is 11.3 Å². The van der Waals surface area contributed by atoms with Crippen LogP contribution in [0.15, 0.2) is 17.5 Å². The average molecular weight is 196 g/mol. The van der Waals surface area contributed by atoms with Gasteiger partial charge >= 0.3 is 0 Å². The number of nitrogens with zero attached hydrogens (tertiary/aromatic N) is 1. The molecule has 1 saturated heterocycles. The maximum absolute atomic E-state index is 5.81. The summed E-state index contributed by atoms with van der Waals surface area (Å²) in [7, 11) is 0. The maximum atomic E-state index is 5.81. The van der Waals surface area contributed by atoms with Crippen LogP contribution in [0.3, 0.4) is 0 Å². The molecule has 2 heterocycles. The van der Waals surface area contributed by atoms with Crippen molar-refractivity contribution < 1.29 is 0 Å². The number of hydrogen-bond acceptors (Lipinski definition) is 3. The Morgan fingerprint density at radius 2 is 2.23 bits per heavy atom. The molecule has 13 heavy (non-hydrogen) atoms. The van der Waals surface area contributed by atoms with Crippen LogP contribution >= 0.6 is 11.3 Å². The Morgan fingerprint density at radius 3 is 2.77 bits per heavy atom. The summed E-state index contributed by atoms with van der Waals surface area (Å²) in [5, 5.41) is 2.13. The van der Waals surface area contributed by atoms with Gasteiger partial charge < -0.3 is 5.73 Å². The van der Waals surface area contributed by atoms with Crippen molar-refractivity contribution in [3.63, 3.8) is 0 Å². The van der Waals surface area contributed by atoms with Gasteiger partial charge in [-0.2, -0.15) is 0 Å². The van der Waals surface area contributed by atoms with Crippen LogP contribution in [0.4, 0.5) is 0 Å². The minimum atomic E-state index is 0.475. The summed E-state index contributed by atoms with van der Waals surface area (Å²) in [6.45, 7) is 3.19. The minimum Gasteiger partial charge on any atom is -0.329 e. The Morgan fingerprint density at radius 1 is 1.46 bits per heavy atom. The van der Waals surface area contributed by atoms with Crippen molar-refractivity contribution in [2.75, 3.05) is 19.6 Å². The van der Waals surface area contributed by atoms with Gasteiger partial charge in [0.1, 0.15) is 0 Å². The molecule has 0 aliphatic carbocycles. The van der Waals surface area contributed by atoms with Gasteiger partial charge in [-0.15, -0.1) is 11.3 Å². The van der Waals surface area contributed by atoms with E-state index in [-0.39, 0.29) is 0 Å². The van der Waals surface area contributed by atoms with Crippen LogP contribution in [-0.2, 0) is 0 Å². The topological polar surface area (TPSA) is 29.3 Å². The summed E-state index contributed by atoms with van der Waals surface area (Å²) < 4.78 is 0. The molecule has 3 heteroatoms. The lowest BCUT2D eigenvalue weighted by Gasteiger charge is -2.24. The first kappa shape index (κ1) is 9.19. The molecule has 1 aromatic heterocycles. The van der Waals surface area contributed by atoms with Gasteiger partial charge in [-0.05, 0) is 37.4 Å². The Balaban J connectivity index is 2.08. The highest BCUT2D eigenvalue weighted by Crippen LogP contribution is 2.27. The molecule has 0 amide bonds. The van der Waals surface area contributed by atoms with Gasteiger partial charge in [0, 0.05) is 11.4 Å². The van der Waals surface area contributed by atoms with Crippen molar-refractivity contribution in [2.45, 2.75) is 18.9 Å². The lowest BCUT2D eigenvalue weighted by Crippen LogP contribution is -2.30. The fraction of sp³-hybridized carbons (Fsp3) is 0.600. The summed E-state index contributed by atoms with van der Waals surface area (Å²) in [6, 6.07) is 4.78. The molecule has 0 radical (unpaired) electrons. The lowest BCUT2D eigenvalue weighted by molar-refractivity contribution is 0.255. The average Bonchev–Trinajstić information content (AvgIpc) is 2.76. The molecule has 0 unspecified atom stereocenters. The summed E-state index contributed by atoms with van der Waals surface area (Å²) in [5.74, 6) is 0. The van der Waals surface area contributed by atoms with E-state index in [0.29, 0.717) is 6.04 Å². The van der Waals surface area contributed by atoms with E-state index in [1.165, 1.54) is 30.8 Å². The third kappa shape index (κ3) is 1.93. The smallest absolute Gasteiger partial charge is 0.0564 e. The van der Waals surface area contributed by atoms with Gasteiger partial charge in [-0.25, -0.2) is 0 Å². The SMILES string of the molecule is NC[C@H](c1cccs1)N1CCCC1. The van der Waals surface area contributed by atoms with Crippen LogP contribution in [-0.4, -0.2) is 24.5 Å². The number of hydrogen-bond donors (Lipinski definition) is 1. The molecule has 1 fully saturated rings. The number of nitrogens with two attached hydrogens (primary N) is 1. The van der Waals surface area contributed by atoms with Gasteiger partial charge in [0.25, 0.3) is 0 Å². The molecule has 1 aliphatic heterocycles. The van der Waals surface area contributed by atoms with Crippen molar-refractivity contribution in [1.82, 2.24) is 4.90 Å². The van der Waals surface area contributed by atoms with Gasteiger partial charge in [0.15, 0.2) is 0 Å². The van der Waals surface area contributed by atoms with E-state index in [0.717, 1.165) is 6.54 Å². The van der Waals surface area contributed by atoms with Gasteiger partial charge in [0.05, 0.1) is 6.04 Å². The molecule has 2 rings (SSSR count). The third-order valence-electron chi connectivity index (χ3n) is 2.68. The minimum absolute atomic E-state index is 0.475. The standard InChI is InChI=1S/C10H16N2S/c11-8-9(10-4-3-7-13-10)12-5-1-2-6-12/h3-4,7,9H,1-2,5-6,8,11H2/t9-/m1/s1. The Kier molecular flexibility index (Phi) is 2.98. The maximum Gasteiger partial charge on any atom is 0.0564 e. The molecule has 1 atom stereocenters. The molecule has 0 bridgehead atoms. The fourth-order valence-corrected chi connectivity index (χ4v) is 2.85. The van der Waals surface area contributed by atoms with Gasteiger partial charge in [-0.3, -0.25) is 4.90 Å². The third-order valence-corrected chi connectivity index (χ3v) is 3.65. The normalized spacial score (nSPS) is 20.7. The molecule has 1 aliphatic rings. The van der Waals surface area contributed by atoms with E-state index in [1.54, 1.807) is 0 Å². The van der Waals surface area contributed by atoms with Crippen LogP contribution in [0.1, 0.15) is 23.8 Å². The van der Waals surface area contributed by atoms with E-state index in [1.807, 2.05) is 11.3 Å². The first-order chi connectivity index (χ1) is 6.42. The molecule has 72 valence electrons. The molecule has 0 saturated carbocycles. The zero-order valence-corrected chi connectivity index (χ0v) is 8.59. The molecular weight excluding hydrogens is 180 g/mol. The molecule has 1 aromatic rings. The van der Waals surface area contributed by atoms with Gasteiger partial charge in [-0.1, -0.05) is 6.07 Å². The Hall–Kier alpha value is -0.380. The molecular formula is C10H16N2S. The fourth-order valence-electron chi connectivity index (χ4n) is 1.98. The molecule has 0 aromatic carbocycles. The molecule has 2 N–H and O–H groups in total. The Labute approximate surface area is 83.4 Å². The number of rotatable bonds is 3. The predicted molar refractivity (Wildman–Crippen MR) is 56.9 cm³/mol. The van der Waals surface area contributed by atoms with E-state index in [4.69, 9.17) is 5.73 Å². The van der Waals surface area contributed by atoms with Crippen LogP contribution in [0.5, 0.6) is 0 Å². The second kappa shape index (κ2) is 4.22. The highest BCUT2D eigenvalue weighted by Gasteiger charge is 2.22. The summed E-state index contributed by atoms with van der Waals surface area (Å²) >= 11 is 1.82.